The third-order valence-corrected chi connectivity index (χ3v) is 3.86. The van der Waals surface area contributed by atoms with Gasteiger partial charge in [-0.2, -0.15) is 10.2 Å². The van der Waals surface area contributed by atoms with Gasteiger partial charge in [-0.1, -0.05) is 18.2 Å². The van der Waals surface area contributed by atoms with Crippen molar-refractivity contribution in [1.29, 1.82) is 0 Å². The van der Waals surface area contributed by atoms with Gasteiger partial charge in [-0.05, 0) is 25.1 Å². The number of anilines is 1. The predicted molar refractivity (Wildman–Crippen MR) is 89.6 cm³/mol. The predicted octanol–water partition coefficient (Wildman–Crippen LogP) is 2.69. The lowest BCUT2D eigenvalue weighted by atomic mass is 10.1. The molecule has 25 heavy (non-hydrogen) atoms. The Bertz CT molecular complexity index is 840. The quantitative estimate of drug-likeness (QED) is 0.503. The number of benzene rings is 2. The minimum Gasteiger partial charge on any atom is -0.506 e. The second kappa shape index (κ2) is 6.56. The number of nitrogens with one attached hydrogen (secondary N) is 1. The van der Waals surface area contributed by atoms with Gasteiger partial charge < -0.3 is 5.11 Å². The van der Waals surface area contributed by atoms with Crippen LogP contribution in [0.4, 0.5) is 17.1 Å². The van der Waals surface area contributed by atoms with Crippen LogP contribution in [0.2, 0.25) is 0 Å². The zero-order valence-electron chi connectivity index (χ0n) is 13.2. The van der Waals surface area contributed by atoms with Gasteiger partial charge in [-0.3, -0.25) is 25.3 Å². The first-order chi connectivity index (χ1) is 12.0. The fraction of sp³-hybridized carbons (Fsp3) is 0.188. The zero-order chi connectivity index (χ0) is 18.0. The molecule has 2 aromatic carbocycles. The highest BCUT2D eigenvalue weighted by Crippen LogP contribution is 2.31. The molecule has 0 aliphatic carbocycles. The molecule has 2 unspecified atom stereocenters. The third kappa shape index (κ3) is 3.25. The summed E-state index contributed by atoms with van der Waals surface area (Å²) in [4.78, 5) is 22.4. The van der Waals surface area contributed by atoms with Gasteiger partial charge in [0.05, 0.1) is 16.7 Å². The molecule has 9 nitrogen and oxygen atoms in total. The molecule has 0 spiro atoms. The molecule has 0 radical (unpaired) electrons. The summed E-state index contributed by atoms with van der Waals surface area (Å²) < 4.78 is 0. The second-order valence-electron chi connectivity index (χ2n) is 5.51. The largest absolute Gasteiger partial charge is 0.506 e. The van der Waals surface area contributed by atoms with Crippen molar-refractivity contribution >= 4 is 23.0 Å². The van der Waals surface area contributed by atoms with Crippen LogP contribution in [-0.2, 0) is 4.79 Å². The number of nitro groups is 1. The number of aromatic hydroxyl groups is 1. The number of hydrogen-bond acceptors (Lipinski definition) is 7. The standard InChI is InChI=1S/C16H15N5O4/c1-10-15(16(23)19-20(10)11-5-3-2-4-6-11)18-17-13-9-12(21(24)25)7-8-14(13)22/h2-10,15,22H,1H3,(H,19,23). The van der Waals surface area contributed by atoms with Crippen molar-refractivity contribution in [3.63, 3.8) is 0 Å². The number of hydrazine groups is 1. The maximum absolute atomic E-state index is 12.2. The van der Waals surface area contributed by atoms with Crippen molar-refractivity contribution in [2.45, 2.75) is 19.0 Å². The van der Waals surface area contributed by atoms with Crippen LogP contribution >= 0.6 is 0 Å². The molecule has 2 aromatic rings. The molecule has 3 rings (SSSR count). The topological polar surface area (TPSA) is 120 Å². The van der Waals surface area contributed by atoms with Crippen LogP contribution in [0.25, 0.3) is 0 Å². The van der Waals surface area contributed by atoms with Gasteiger partial charge in [0.2, 0.25) is 0 Å². The highest BCUT2D eigenvalue weighted by Gasteiger charge is 2.38. The van der Waals surface area contributed by atoms with Gasteiger partial charge >= 0.3 is 0 Å². The summed E-state index contributed by atoms with van der Waals surface area (Å²) in [7, 11) is 0. The number of para-hydroxylation sites is 1. The number of carbonyl (C=O) groups is 1. The Morgan fingerprint density at radius 1 is 1.24 bits per heavy atom. The molecular weight excluding hydrogens is 326 g/mol. The van der Waals surface area contributed by atoms with E-state index in [0.29, 0.717) is 0 Å². The summed E-state index contributed by atoms with van der Waals surface area (Å²) in [6.45, 7) is 1.81. The van der Waals surface area contributed by atoms with E-state index in [2.05, 4.69) is 15.7 Å². The number of nitro benzene ring substituents is 1. The van der Waals surface area contributed by atoms with Crippen LogP contribution in [0.3, 0.4) is 0 Å². The first kappa shape index (κ1) is 16.4. The Hall–Kier alpha value is -3.49. The molecule has 1 aliphatic heterocycles. The maximum atomic E-state index is 12.2. The number of rotatable bonds is 4. The maximum Gasteiger partial charge on any atom is 0.271 e. The molecule has 2 atom stereocenters. The first-order valence-electron chi connectivity index (χ1n) is 7.50. The Morgan fingerprint density at radius 3 is 2.64 bits per heavy atom. The molecule has 1 heterocycles. The molecule has 1 aliphatic rings. The number of phenols is 1. The average molecular weight is 341 g/mol. The molecule has 1 saturated heterocycles. The molecule has 128 valence electrons. The van der Waals surface area contributed by atoms with Crippen molar-refractivity contribution in [3.8, 4) is 5.75 Å². The number of phenolic OH excluding ortho intramolecular Hbond substituents is 1. The monoisotopic (exact) mass is 341 g/mol. The Kier molecular flexibility index (Phi) is 4.29. The van der Waals surface area contributed by atoms with Gasteiger partial charge in [0, 0.05) is 12.1 Å². The molecule has 1 amide bonds. The highest BCUT2D eigenvalue weighted by molar-refractivity contribution is 5.88. The van der Waals surface area contributed by atoms with Crippen LogP contribution < -0.4 is 10.4 Å². The van der Waals surface area contributed by atoms with Crippen molar-refractivity contribution in [2.24, 2.45) is 10.2 Å². The Balaban J connectivity index is 1.83. The van der Waals surface area contributed by atoms with E-state index < -0.39 is 11.0 Å². The molecular formula is C16H15N5O4. The van der Waals surface area contributed by atoms with Crippen molar-refractivity contribution < 1.29 is 14.8 Å². The van der Waals surface area contributed by atoms with Gasteiger partial charge in [-0.15, -0.1) is 0 Å². The minimum atomic E-state index is -0.807. The SMILES string of the molecule is CC1C(N=Nc2cc([N+](=O)[O-])ccc2O)C(=O)NN1c1ccccc1. The van der Waals surface area contributed by atoms with E-state index in [1.54, 1.807) is 5.01 Å². The van der Waals surface area contributed by atoms with E-state index >= 15 is 0 Å². The van der Waals surface area contributed by atoms with Crippen LogP contribution in [0.1, 0.15) is 6.92 Å². The van der Waals surface area contributed by atoms with Crippen molar-refractivity contribution in [3.05, 3.63) is 58.6 Å². The summed E-state index contributed by atoms with van der Waals surface area (Å²) in [5, 5.41) is 30.1. The van der Waals surface area contributed by atoms with E-state index in [9.17, 15) is 20.0 Å². The lowest BCUT2D eigenvalue weighted by Gasteiger charge is -2.22. The van der Waals surface area contributed by atoms with Crippen molar-refractivity contribution in [1.82, 2.24) is 5.43 Å². The van der Waals surface area contributed by atoms with Gasteiger partial charge in [-0.25, -0.2) is 0 Å². The highest BCUT2D eigenvalue weighted by atomic mass is 16.6. The fourth-order valence-corrected chi connectivity index (χ4v) is 2.51. The molecule has 0 aromatic heterocycles. The summed E-state index contributed by atoms with van der Waals surface area (Å²) in [6.07, 6.45) is 0. The molecule has 2 N–H and O–H groups in total. The van der Waals surface area contributed by atoms with Gasteiger partial charge in [0.25, 0.3) is 11.6 Å². The van der Waals surface area contributed by atoms with Crippen LogP contribution in [0, 0.1) is 10.1 Å². The molecule has 9 heteroatoms. The fourth-order valence-electron chi connectivity index (χ4n) is 2.51. The number of azo groups is 1. The van der Waals surface area contributed by atoms with Gasteiger partial charge in [0.1, 0.15) is 11.4 Å². The third-order valence-electron chi connectivity index (χ3n) is 3.86. The Labute approximate surface area is 142 Å². The number of carbonyl (C=O) groups excluding carboxylic acids is 1. The zero-order valence-corrected chi connectivity index (χ0v) is 13.2. The van der Waals surface area contributed by atoms with Gasteiger partial charge in [0.15, 0.2) is 6.04 Å². The number of amides is 1. The van der Waals surface area contributed by atoms with Crippen molar-refractivity contribution in [2.75, 3.05) is 5.01 Å². The first-order valence-corrected chi connectivity index (χ1v) is 7.50. The van der Waals surface area contributed by atoms with Crippen LogP contribution in [-0.4, -0.2) is 28.0 Å². The van der Waals surface area contributed by atoms with E-state index in [1.165, 1.54) is 6.07 Å². The number of nitrogens with zero attached hydrogens (tertiary/aromatic N) is 4. The smallest absolute Gasteiger partial charge is 0.271 e. The average Bonchev–Trinajstić information content (AvgIpc) is 2.89. The summed E-state index contributed by atoms with van der Waals surface area (Å²) in [5.74, 6) is -0.592. The van der Waals surface area contributed by atoms with E-state index in [0.717, 1.165) is 17.8 Å². The summed E-state index contributed by atoms with van der Waals surface area (Å²) >= 11 is 0. The summed E-state index contributed by atoms with van der Waals surface area (Å²) in [5.41, 5.74) is 3.24. The number of non-ortho nitro benzene ring substituents is 1. The minimum absolute atomic E-state index is 0.0626. The summed E-state index contributed by atoms with van der Waals surface area (Å²) in [6, 6.07) is 11.6. The molecule has 1 fully saturated rings. The lowest BCUT2D eigenvalue weighted by Crippen LogP contribution is -2.37. The van der Waals surface area contributed by atoms with E-state index in [1.807, 2.05) is 37.3 Å². The van der Waals surface area contributed by atoms with E-state index in [4.69, 9.17) is 0 Å². The van der Waals surface area contributed by atoms with Crippen LogP contribution in [0.5, 0.6) is 5.75 Å². The molecule has 0 saturated carbocycles. The number of hydrogen-bond donors (Lipinski definition) is 2. The normalized spacial score (nSPS) is 20.0. The second-order valence-corrected chi connectivity index (χ2v) is 5.51. The van der Waals surface area contributed by atoms with E-state index in [-0.39, 0.29) is 29.1 Å². The van der Waals surface area contributed by atoms with Crippen LogP contribution in [0.15, 0.2) is 58.8 Å². The molecule has 0 bridgehead atoms. The lowest BCUT2D eigenvalue weighted by molar-refractivity contribution is -0.384. The Morgan fingerprint density at radius 2 is 1.96 bits per heavy atom.